The third-order valence-corrected chi connectivity index (χ3v) is 11.0. The summed E-state index contributed by atoms with van der Waals surface area (Å²) in [6.07, 6.45) is 53.1. The van der Waals surface area contributed by atoms with Gasteiger partial charge in [-0.1, -0.05) is 223 Å². The second-order valence-electron chi connectivity index (χ2n) is 16.6. The Morgan fingerprint density at radius 1 is 0.509 bits per heavy atom. The Labute approximate surface area is 353 Å². The zero-order valence-electron chi connectivity index (χ0n) is 37.7. The number of allylic oxidation sites excluding steroid dienone is 8. The highest BCUT2D eigenvalue weighted by Crippen LogP contribution is 2.17. The summed E-state index contributed by atoms with van der Waals surface area (Å²) in [6.45, 7) is 6.41. The molecule has 1 amide bonds. The minimum atomic E-state index is -0.796. The first-order valence-electron chi connectivity index (χ1n) is 24.4. The van der Waals surface area contributed by atoms with Crippen LogP contribution >= 0.6 is 0 Å². The molecular weight excluding hydrogens is 707 g/mol. The molecule has 6 nitrogen and oxygen atoms in total. The lowest BCUT2D eigenvalue weighted by Crippen LogP contribution is -2.46. The van der Waals surface area contributed by atoms with Gasteiger partial charge in [0.2, 0.25) is 5.91 Å². The van der Waals surface area contributed by atoms with Gasteiger partial charge < -0.3 is 20.3 Å². The lowest BCUT2D eigenvalue weighted by atomic mass is 10.0. The van der Waals surface area contributed by atoms with Crippen LogP contribution in [0.2, 0.25) is 0 Å². The minimum absolute atomic E-state index is 0.0533. The highest BCUT2D eigenvalue weighted by atomic mass is 16.5. The maximum absolute atomic E-state index is 13.2. The molecule has 0 rings (SSSR count). The summed E-state index contributed by atoms with van der Waals surface area (Å²) >= 11 is 0. The summed E-state index contributed by atoms with van der Waals surface area (Å²) in [5, 5.41) is 23.7. The number of carbonyl (C=O) groups is 2. The van der Waals surface area contributed by atoms with Crippen molar-refractivity contribution in [1.29, 1.82) is 0 Å². The molecule has 0 saturated heterocycles. The predicted molar refractivity (Wildman–Crippen MR) is 245 cm³/mol. The van der Waals surface area contributed by atoms with Crippen molar-refractivity contribution >= 4 is 11.9 Å². The number of nitrogens with one attached hydrogen (secondary N) is 1. The van der Waals surface area contributed by atoms with E-state index in [0.717, 1.165) is 70.6 Å². The predicted octanol–water partition coefficient (Wildman–Crippen LogP) is 14.3. The normalized spacial score (nSPS) is 13.7. The molecule has 0 aliphatic carbocycles. The van der Waals surface area contributed by atoms with Crippen LogP contribution in [0.15, 0.2) is 48.6 Å². The van der Waals surface area contributed by atoms with Crippen molar-refractivity contribution in [3.63, 3.8) is 0 Å². The summed E-state index contributed by atoms with van der Waals surface area (Å²) in [7, 11) is 0. The molecule has 57 heavy (non-hydrogen) atoms. The molecule has 0 aliphatic rings. The van der Waals surface area contributed by atoms with E-state index >= 15 is 0 Å². The van der Waals surface area contributed by atoms with Crippen LogP contribution in [0.4, 0.5) is 0 Å². The number of carbonyl (C=O) groups excluding carboxylic acids is 2. The number of aliphatic hydroxyl groups is 2. The van der Waals surface area contributed by atoms with E-state index in [9.17, 15) is 19.8 Å². The molecule has 0 aromatic carbocycles. The van der Waals surface area contributed by atoms with Gasteiger partial charge in [-0.2, -0.15) is 0 Å². The zero-order chi connectivity index (χ0) is 41.7. The average molecular weight is 800 g/mol. The molecule has 0 saturated carbocycles. The molecule has 0 aromatic heterocycles. The van der Waals surface area contributed by atoms with Crippen molar-refractivity contribution in [2.75, 3.05) is 6.61 Å². The highest BCUT2D eigenvalue weighted by Gasteiger charge is 2.24. The Bertz CT molecular complexity index is 988. The first-order chi connectivity index (χ1) is 28.0. The molecular formula is C51H93NO5. The van der Waals surface area contributed by atoms with Gasteiger partial charge in [0.05, 0.1) is 25.2 Å². The van der Waals surface area contributed by atoms with Crippen LogP contribution in [0.1, 0.15) is 239 Å². The van der Waals surface area contributed by atoms with Crippen LogP contribution < -0.4 is 5.32 Å². The molecule has 0 aromatic rings. The lowest BCUT2D eigenvalue weighted by molar-refractivity contribution is -0.151. The van der Waals surface area contributed by atoms with Crippen LogP contribution in [0.3, 0.4) is 0 Å². The number of ether oxygens (including phenoxy) is 1. The number of hydrogen-bond donors (Lipinski definition) is 3. The highest BCUT2D eigenvalue weighted by molar-refractivity contribution is 5.77. The van der Waals surface area contributed by atoms with E-state index in [2.05, 4.69) is 68.6 Å². The monoisotopic (exact) mass is 800 g/mol. The fourth-order valence-corrected chi connectivity index (χ4v) is 7.27. The number of hydrogen-bond acceptors (Lipinski definition) is 5. The number of amides is 1. The molecule has 3 unspecified atom stereocenters. The second-order valence-corrected chi connectivity index (χ2v) is 16.6. The van der Waals surface area contributed by atoms with Crippen LogP contribution in [-0.2, 0) is 14.3 Å². The zero-order valence-corrected chi connectivity index (χ0v) is 37.7. The van der Waals surface area contributed by atoms with Gasteiger partial charge in [-0.05, 0) is 51.4 Å². The molecule has 0 fully saturated rings. The first-order valence-corrected chi connectivity index (χ1v) is 24.4. The van der Waals surface area contributed by atoms with Crippen LogP contribution in [-0.4, -0.2) is 46.9 Å². The van der Waals surface area contributed by atoms with Crippen molar-refractivity contribution in [3.05, 3.63) is 48.6 Å². The number of unbranched alkanes of at least 4 members (excludes halogenated alkanes) is 26. The first kappa shape index (κ1) is 54.8. The van der Waals surface area contributed by atoms with Crippen LogP contribution in [0, 0.1) is 0 Å². The fraction of sp³-hybridized carbons (Fsp3) is 0.804. The smallest absolute Gasteiger partial charge is 0.306 e. The van der Waals surface area contributed by atoms with Gasteiger partial charge in [-0.3, -0.25) is 9.59 Å². The Hall–Kier alpha value is -2.18. The molecule has 3 N–H and O–H groups in total. The second kappa shape index (κ2) is 44.9. The number of aliphatic hydroxyl groups excluding tert-OH is 2. The quantitative estimate of drug-likeness (QED) is 0.0324. The Morgan fingerprint density at radius 2 is 0.895 bits per heavy atom. The topological polar surface area (TPSA) is 95.9 Å². The van der Waals surface area contributed by atoms with Crippen molar-refractivity contribution in [3.8, 4) is 0 Å². The molecule has 332 valence electrons. The van der Waals surface area contributed by atoms with Crippen molar-refractivity contribution < 1.29 is 24.5 Å². The SMILES string of the molecule is CCCCC/C=C/C=C/C=C/C=C/CCCCCC(CC(=O)NC(CO)C(O)CCCCCCCCCCCCCC)OC(=O)CCCCCCCCCCCC. The molecule has 6 heteroatoms. The lowest BCUT2D eigenvalue weighted by Gasteiger charge is -2.24. The number of esters is 1. The summed E-state index contributed by atoms with van der Waals surface area (Å²) in [5.41, 5.74) is 0. The molecule has 0 radical (unpaired) electrons. The van der Waals surface area contributed by atoms with E-state index in [1.165, 1.54) is 122 Å². The van der Waals surface area contributed by atoms with Gasteiger partial charge in [0.25, 0.3) is 0 Å². The summed E-state index contributed by atoms with van der Waals surface area (Å²) in [4.78, 5) is 26.0. The Kier molecular flexibility index (Phi) is 43.2. The summed E-state index contributed by atoms with van der Waals surface area (Å²) in [5.74, 6) is -0.510. The van der Waals surface area contributed by atoms with Gasteiger partial charge in [0, 0.05) is 6.42 Å². The molecule has 0 spiro atoms. The van der Waals surface area contributed by atoms with Gasteiger partial charge in [-0.15, -0.1) is 0 Å². The Balaban J connectivity index is 4.67. The number of rotatable bonds is 43. The maximum Gasteiger partial charge on any atom is 0.306 e. The molecule has 0 aliphatic heterocycles. The summed E-state index contributed by atoms with van der Waals surface area (Å²) < 4.78 is 5.89. The van der Waals surface area contributed by atoms with Gasteiger partial charge >= 0.3 is 5.97 Å². The van der Waals surface area contributed by atoms with E-state index in [0.29, 0.717) is 19.3 Å². The van der Waals surface area contributed by atoms with Gasteiger partial charge in [0.15, 0.2) is 0 Å². The molecule has 3 atom stereocenters. The van der Waals surface area contributed by atoms with E-state index < -0.39 is 18.2 Å². The summed E-state index contributed by atoms with van der Waals surface area (Å²) in [6, 6.07) is -0.712. The third-order valence-electron chi connectivity index (χ3n) is 11.0. The van der Waals surface area contributed by atoms with E-state index in [4.69, 9.17) is 4.74 Å². The van der Waals surface area contributed by atoms with Crippen molar-refractivity contribution in [2.24, 2.45) is 0 Å². The average Bonchev–Trinajstić information content (AvgIpc) is 3.20. The standard InChI is InChI=1S/C51H93NO5/c1-4-7-10-13-16-19-22-24-25-26-27-28-30-33-36-39-42-47(57-51(56)44-41-38-35-32-21-18-15-12-9-6-3)45-50(55)52-48(46-53)49(54)43-40-37-34-31-29-23-20-17-14-11-8-5-2/h16,19,22,24-28,47-49,53-54H,4-15,17-18,20-21,23,29-46H2,1-3H3,(H,52,55)/b19-16+,24-22+,26-25+,28-27+. The minimum Gasteiger partial charge on any atom is -0.462 e. The Morgan fingerprint density at radius 3 is 1.39 bits per heavy atom. The maximum atomic E-state index is 13.2. The molecule has 0 bridgehead atoms. The fourth-order valence-electron chi connectivity index (χ4n) is 7.27. The van der Waals surface area contributed by atoms with Gasteiger partial charge in [-0.25, -0.2) is 0 Å². The van der Waals surface area contributed by atoms with E-state index in [-0.39, 0.29) is 24.9 Å². The van der Waals surface area contributed by atoms with Gasteiger partial charge in [0.1, 0.15) is 6.10 Å². The van der Waals surface area contributed by atoms with E-state index in [1.807, 2.05) is 6.08 Å². The van der Waals surface area contributed by atoms with Crippen LogP contribution in [0.5, 0.6) is 0 Å². The largest absolute Gasteiger partial charge is 0.462 e. The van der Waals surface area contributed by atoms with Crippen molar-refractivity contribution in [2.45, 2.75) is 257 Å². The van der Waals surface area contributed by atoms with Crippen LogP contribution in [0.25, 0.3) is 0 Å². The van der Waals surface area contributed by atoms with E-state index in [1.54, 1.807) is 0 Å². The van der Waals surface area contributed by atoms with Crippen molar-refractivity contribution in [1.82, 2.24) is 5.32 Å². The molecule has 0 heterocycles. The third kappa shape index (κ3) is 40.4.